The van der Waals surface area contributed by atoms with Crippen molar-refractivity contribution in [1.29, 1.82) is 0 Å². The highest BCUT2D eigenvalue weighted by atomic mass is 16.5. The number of morpholine rings is 1. The number of ether oxygens (including phenoxy) is 1. The molecule has 1 amide bonds. The Morgan fingerprint density at radius 2 is 1.96 bits per heavy atom. The summed E-state index contributed by atoms with van der Waals surface area (Å²) in [7, 11) is 1.86. The van der Waals surface area contributed by atoms with E-state index in [0.717, 1.165) is 38.0 Å². The molecule has 0 bridgehead atoms. The van der Waals surface area contributed by atoms with Crippen LogP contribution in [0.15, 0.2) is 24.3 Å². The van der Waals surface area contributed by atoms with Crippen molar-refractivity contribution in [3.63, 3.8) is 0 Å². The number of hydrogen-bond donors (Lipinski definition) is 1. The monoisotopic (exact) mass is 318 g/mol. The summed E-state index contributed by atoms with van der Waals surface area (Å²) in [5, 5.41) is 8.94. The van der Waals surface area contributed by atoms with Crippen LogP contribution in [-0.4, -0.2) is 65.7 Å². The zero-order valence-corrected chi connectivity index (χ0v) is 13.3. The Kier molecular flexibility index (Phi) is 4.63. The van der Waals surface area contributed by atoms with E-state index in [0.29, 0.717) is 5.56 Å². The number of benzene rings is 1. The number of likely N-dealkylation sites (tertiary alicyclic amines) is 1. The lowest BCUT2D eigenvalue weighted by molar-refractivity contribution is -0.154. The first-order valence-electron chi connectivity index (χ1n) is 7.96. The number of likely N-dealkylation sites (N-methyl/N-ethyl adjacent to an activating group) is 1. The predicted octanol–water partition coefficient (Wildman–Crippen LogP) is 1.21. The third-order valence-electron chi connectivity index (χ3n) is 4.82. The van der Waals surface area contributed by atoms with Crippen molar-refractivity contribution >= 4 is 11.9 Å². The number of carbonyl (C=O) groups is 2. The Bertz CT molecular complexity index is 587. The molecule has 0 unspecified atom stereocenters. The van der Waals surface area contributed by atoms with Gasteiger partial charge >= 0.3 is 5.97 Å². The number of nitrogens with zero attached hydrogens (tertiary/aromatic N) is 2. The number of carboxylic acid groups (broad SMARTS) is 1. The smallest absolute Gasteiger partial charge is 0.335 e. The largest absolute Gasteiger partial charge is 0.478 e. The maximum atomic E-state index is 11.8. The third-order valence-corrected chi connectivity index (χ3v) is 4.82. The molecular weight excluding hydrogens is 296 g/mol. The van der Waals surface area contributed by atoms with E-state index in [2.05, 4.69) is 4.90 Å². The van der Waals surface area contributed by atoms with Crippen LogP contribution in [0.5, 0.6) is 0 Å². The molecular formula is C17H22N2O4. The maximum absolute atomic E-state index is 11.8. The van der Waals surface area contributed by atoms with Gasteiger partial charge < -0.3 is 14.7 Å². The molecule has 1 N–H and O–H groups in total. The van der Waals surface area contributed by atoms with Gasteiger partial charge in [-0.1, -0.05) is 12.1 Å². The van der Waals surface area contributed by atoms with Gasteiger partial charge in [0.05, 0.1) is 17.7 Å². The zero-order valence-electron chi connectivity index (χ0n) is 13.3. The van der Waals surface area contributed by atoms with Crippen LogP contribution in [0.1, 0.15) is 28.8 Å². The second-order valence-electron chi connectivity index (χ2n) is 6.28. The molecule has 0 saturated carbocycles. The third kappa shape index (κ3) is 3.54. The number of carboxylic acids is 1. The van der Waals surface area contributed by atoms with Crippen LogP contribution in [0.4, 0.5) is 0 Å². The van der Waals surface area contributed by atoms with Crippen molar-refractivity contribution in [3.8, 4) is 0 Å². The van der Waals surface area contributed by atoms with E-state index in [1.165, 1.54) is 0 Å². The van der Waals surface area contributed by atoms with Crippen molar-refractivity contribution in [3.05, 3.63) is 35.4 Å². The molecule has 2 aliphatic rings. The van der Waals surface area contributed by atoms with Crippen LogP contribution in [0.25, 0.3) is 0 Å². The second kappa shape index (κ2) is 6.68. The zero-order chi connectivity index (χ0) is 16.4. The molecule has 2 atom stereocenters. The Balaban J connectivity index is 1.62. The van der Waals surface area contributed by atoms with Gasteiger partial charge in [-0.25, -0.2) is 4.79 Å². The summed E-state index contributed by atoms with van der Waals surface area (Å²) in [6.45, 7) is 2.80. The molecule has 0 aliphatic carbocycles. The van der Waals surface area contributed by atoms with Crippen molar-refractivity contribution in [1.82, 2.24) is 9.80 Å². The van der Waals surface area contributed by atoms with Crippen LogP contribution in [0.2, 0.25) is 0 Å². The second-order valence-corrected chi connectivity index (χ2v) is 6.28. The highest BCUT2D eigenvalue weighted by Gasteiger charge is 2.36. The van der Waals surface area contributed by atoms with Gasteiger partial charge in [-0.15, -0.1) is 0 Å². The van der Waals surface area contributed by atoms with Gasteiger partial charge in [0.25, 0.3) is 0 Å². The van der Waals surface area contributed by atoms with E-state index < -0.39 is 5.97 Å². The highest BCUT2D eigenvalue weighted by molar-refractivity contribution is 5.87. The summed E-state index contributed by atoms with van der Waals surface area (Å²) in [6.07, 6.45) is 1.94. The Morgan fingerprint density at radius 3 is 2.65 bits per heavy atom. The van der Waals surface area contributed by atoms with Crippen LogP contribution < -0.4 is 0 Å². The van der Waals surface area contributed by atoms with Gasteiger partial charge in [-0.05, 0) is 30.5 Å². The van der Waals surface area contributed by atoms with E-state index in [1.807, 2.05) is 24.1 Å². The van der Waals surface area contributed by atoms with E-state index in [1.54, 1.807) is 12.1 Å². The number of carbonyl (C=O) groups excluding carboxylic acids is 1. The van der Waals surface area contributed by atoms with E-state index >= 15 is 0 Å². The molecule has 23 heavy (non-hydrogen) atoms. The fraction of sp³-hybridized carbons (Fsp3) is 0.529. The van der Waals surface area contributed by atoms with Crippen LogP contribution in [0, 0.1) is 0 Å². The topological polar surface area (TPSA) is 70.1 Å². The molecule has 6 heteroatoms. The van der Waals surface area contributed by atoms with Crippen LogP contribution >= 0.6 is 0 Å². The van der Waals surface area contributed by atoms with E-state index in [9.17, 15) is 9.59 Å². The molecule has 124 valence electrons. The lowest BCUT2D eigenvalue weighted by atomic mass is 10.0. The van der Waals surface area contributed by atoms with Gasteiger partial charge in [0.15, 0.2) is 0 Å². The van der Waals surface area contributed by atoms with E-state index in [-0.39, 0.29) is 24.7 Å². The van der Waals surface area contributed by atoms with Crippen molar-refractivity contribution < 1.29 is 19.4 Å². The average molecular weight is 318 g/mol. The van der Waals surface area contributed by atoms with Crippen molar-refractivity contribution in [2.45, 2.75) is 31.5 Å². The van der Waals surface area contributed by atoms with Gasteiger partial charge in [0, 0.05) is 26.7 Å². The first-order valence-corrected chi connectivity index (χ1v) is 7.96. The fourth-order valence-electron chi connectivity index (χ4n) is 3.39. The number of aromatic carboxylic acids is 1. The minimum atomic E-state index is -0.903. The van der Waals surface area contributed by atoms with Gasteiger partial charge in [0.2, 0.25) is 5.91 Å². The molecule has 2 fully saturated rings. The molecule has 0 radical (unpaired) electrons. The summed E-state index contributed by atoms with van der Waals surface area (Å²) in [6, 6.07) is 7.19. The first kappa shape index (κ1) is 16.0. The Morgan fingerprint density at radius 1 is 1.26 bits per heavy atom. The standard InChI is InChI=1S/C17H22N2O4/c1-18-14-6-8-19(9-7-15(14)23-11-16(18)20)10-12-2-4-13(5-3-12)17(21)22/h2-5,14-15H,6-11H2,1H3,(H,21,22)/t14-,15-/m0/s1. The number of rotatable bonds is 3. The Hall–Kier alpha value is -1.92. The summed E-state index contributed by atoms with van der Waals surface area (Å²) in [5.74, 6) is -0.843. The van der Waals surface area contributed by atoms with Gasteiger partial charge in [0.1, 0.15) is 6.61 Å². The lowest BCUT2D eigenvalue weighted by Crippen LogP contribution is -2.52. The summed E-state index contributed by atoms with van der Waals surface area (Å²) < 4.78 is 5.70. The molecule has 6 nitrogen and oxygen atoms in total. The van der Waals surface area contributed by atoms with Crippen LogP contribution in [-0.2, 0) is 16.1 Å². The molecule has 1 aromatic carbocycles. The predicted molar refractivity (Wildman–Crippen MR) is 84.2 cm³/mol. The quantitative estimate of drug-likeness (QED) is 0.907. The Labute approximate surface area is 135 Å². The minimum absolute atomic E-state index is 0.0592. The normalized spacial score (nSPS) is 25.8. The van der Waals surface area contributed by atoms with Gasteiger partial charge in [-0.3, -0.25) is 9.69 Å². The highest BCUT2D eigenvalue weighted by Crippen LogP contribution is 2.24. The van der Waals surface area contributed by atoms with Crippen molar-refractivity contribution in [2.24, 2.45) is 0 Å². The first-order chi connectivity index (χ1) is 11.0. The molecule has 0 spiro atoms. The van der Waals surface area contributed by atoms with Gasteiger partial charge in [-0.2, -0.15) is 0 Å². The fourth-order valence-corrected chi connectivity index (χ4v) is 3.39. The number of fused-ring (bicyclic) bond motifs is 1. The summed E-state index contributed by atoms with van der Waals surface area (Å²) in [4.78, 5) is 26.8. The van der Waals surface area contributed by atoms with Crippen LogP contribution in [0.3, 0.4) is 0 Å². The minimum Gasteiger partial charge on any atom is -0.478 e. The summed E-state index contributed by atoms with van der Waals surface area (Å²) in [5.41, 5.74) is 1.41. The molecule has 2 saturated heterocycles. The molecule has 2 heterocycles. The summed E-state index contributed by atoms with van der Waals surface area (Å²) >= 11 is 0. The van der Waals surface area contributed by atoms with E-state index in [4.69, 9.17) is 9.84 Å². The lowest BCUT2D eigenvalue weighted by Gasteiger charge is -2.37. The average Bonchev–Trinajstić information content (AvgIpc) is 2.75. The number of amides is 1. The molecule has 3 rings (SSSR count). The SMILES string of the molecule is CN1C(=O)CO[C@H]2CCN(Cc3ccc(C(=O)O)cc3)CC[C@@H]21. The maximum Gasteiger partial charge on any atom is 0.335 e. The molecule has 1 aromatic rings. The number of hydrogen-bond acceptors (Lipinski definition) is 4. The van der Waals surface area contributed by atoms with Crippen molar-refractivity contribution in [2.75, 3.05) is 26.7 Å². The molecule has 2 aliphatic heterocycles. The molecule has 0 aromatic heterocycles.